The highest BCUT2D eigenvalue weighted by atomic mass is 35.5. The summed E-state index contributed by atoms with van der Waals surface area (Å²) in [4.78, 5) is 12.6. The molecule has 3 rings (SSSR count). The van der Waals surface area contributed by atoms with Crippen LogP contribution in [0.1, 0.15) is 23.6 Å². The summed E-state index contributed by atoms with van der Waals surface area (Å²) in [5.74, 6) is -0.0592. The molecule has 0 bridgehead atoms. The minimum atomic E-state index is -0.555. The van der Waals surface area contributed by atoms with Gasteiger partial charge in [-0.25, -0.2) is 4.39 Å². The summed E-state index contributed by atoms with van der Waals surface area (Å²) in [6.45, 7) is 4.07. The van der Waals surface area contributed by atoms with Crippen LogP contribution in [0.5, 0.6) is 11.5 Å². The van der Waals surface area contributed by atoms with E-state index in [0.717, 1.165) is 5.56 Å². The second-order valence-electron chi connectivity index (χ2n) is 7.10. The highest BCUT2D eigenvalue weighted by Crippen LogP contribution is 2.30. The maximum atomic E-state index is 13.9. The predicted octanol–water partition coefficient (Wildman–Crippen LogP) is 6.31. The molecular formula is C26H22ClFN2O3. The van der Waals surface area contributed by atoms with E-state index < -0.39 is 5.91 Å². The quantitative estimate of drug-likeness (QED) is 0.313. The molecule has 0 aromatic heterocycles. The average molecular weight is 465 g/mol. The summed E-state index contributed by atoms with van der Waals surface area (Å²) in [5, 5.41) is 12.7. The van der Waals surface area contributed by atoms with Crippen molar-refractivity contribution in [3.8, 4) is 17.6 Å². The van der Waals surface area contributed by atoms with Crippen LogP contribution in [-0.4, -0.2) is 12.5 Å². The number of hydrogen-bond donors (Lipinski definition) is 1. The van der Waals surface area contributed by atoms with Gasteiger partial charge in [0.25, 0.3) is 5.91 Å². The molecule has 33 heavy (non-hydrogen) atoms. The normalized spacial score (nSPS) is 10.9. The number of hydrogen-bond acceptors (Lipinski definition) is 4. The molecule has 0 saturated carbocycles. The lowest BCUT2D eigenvalue weighted by molar-refractivity contribution is -0.112. The standard InChI is InChI=1S/C26H22ClFN2O3/c1-3-32-25-13-18(9-11-24(25)33-16-19-6-4-5-7-22(19)28)12-20(15-29)26(31)30-23-14-21(27)10-8-17(23)2/h4-14H,3,16H2,1-2H3,(H,30,31)/b20-12+. The van der Waals surface area contributed by atoms with Crippen molar-refractivity contribution in [3.05, 3.63) is 93.8 Å². The summed E-state index contributed by atoms with van der Waals surface area (Å²) in [7, 11) is 0. The Morgan fingerprint density at radius 3 is 2.64 bits per heavy atom. The van der Waals surface area contributed by atoms with E-state index in [9.17, 15) is 14.4 Å². The van der Waals surface area contributed by atoms with Gasteiger partial charge in [-0.15, -0.1) is 0 Å². The van der Waals surface area contributed by atoms with Crippen molar-refractivity contribution in [1.82, 2.24) is 0 Å². The Bertz CT molecular complexity index is 1230. The van der Waals surface area contributed by atoms with E-state index in [0.29, 0.717) is 39.9 Å². The van der Waals surface area contributed by atoms with Crippen molar-refractivity contribution < 1.29 is 18.7 Å². The van der Waals surface area contributed by atoms with Gasteiger partial charge in [-0.2, -0.15) is 5.26 Å². The van der Waals surface area contributed by atoms with Crippen LogP contribution in [0.3, 0.4) is 0 Å². The van der Waals surface area contributed by atoms with Crippen LogP contribution < -0.4 is 14.8 Å². The Hall–Kier alpha value is -3.82. The zero-order chi connectivity index (χ0) is 23.8. The molecule has 0 unspecified atom stereocenters. The third kappa shape index (κ3) is 6.34. The second-order valence-corrected chi connectivity index (χ2v) is 7.54. The molecule has 0 aliphatic rings. The third-order valence-electron chi connectivity index (χ3n) is 4.73. The first-order valence-electron chi connectivity index (χ1n) is 10.2. The Balaban J connectivity index is 1.81. The largest absolute Gasteiger partial charge is 0.490 e. The summed E-state index contributed by atoms with van der Waals surface area (Å²) in [5.41, 5.74) is 2.26. The number of nitrogens with one attached hydrogen (secondary N) is 1. The fourth-order valence-electron chi connectivity index (χ4n) is 3.01. The summed E-state index contributed by atoms with van der Waals surface area (Å²) in [6.07, 6.45) is 1.46. The van der Waals surface area contributed by atoms with Gasteiger partial charge in [0.1, 0.15) is 24.1 Å². The van der Waals surface area contributed by atoms with Crippen LogP contribution in [-0.2, 0) is 11.4 Å². The number of halogens is 2. The molecule has 0 radical (unpaired) electrons. The Labute approximate surface area is 197 Å². The zero-order valence-corrected chi connectivity index (χ0v) is 18.9. The van der Waals surface area contributed by atoms with Gasteiger partial charge in [0.05, 0.1) is 6.61 Å². The molecule has 0 spiro atoms. The van der Waals surface area contributed by atoms with Crippen LogP contribution in [0.2, 0.25) is 5.02 Å². The number of nitrogens with zero attached hydrogens (tertiary/aromatic N) is 1. The summed E-state index contributed by atoms with van der Waals surface area (Å²) in [6, 6.07) is 18.4. The van der Waals surface area contributed by atoms with Gasteiger partial charge in [0, 0.05) is 16.3 Å². The molecule has 0 aliphatic heterocycles. The number of carbonyl (C=O) groups excluding carboxylic acids is 1. The van der Waals surface area contributed by atoms with E-state index in [4.69, 9.17) is 21.1 Å². The molecule has 1 N–H and O–H groups in total. The molecule has 1 amide bonds. The number of aryl methyl sites for hydroxylation is 1. The van der Waals surface area contributed by atoms with E-state index in [-0.39, 0.29) is 18.0 Å². The van der Waals surface area contributed by atoms with Crippen molar-refractivity contribution in [2.75, 3.05) is 11.9 Å². The van der Waals surface area contributed by atoms with Crippen molar-refractivity contribution in [2.45, 2.75) is 20.5 Å². The van der Waals surface area contributed by atoms with Crippen molar-refractivity contribution in [3.63, 3.8) is 0 Å². The van der Waals surface area contributed by atoms with Crippen LogP contribution in [0.25, 0.3) is 6.08 Å². The third-order valence-corrected chi connectivity index (χ3v) is 4.97. The molecule has 0 fully saturated rings. The Morgan fingerprint density at radius 2 is 1.91 bits per heavy atom. The lowest BCUT2D eigenvalue weighted by Gasteiger charge is -2.13. The van der Waals surface area contributed by atoms with Crippen LogP contribution >= 0.6 is 11.6 Å². The highest BCUT2D eigenvalue weighted by Gasteiger charge is 2.13. The molecule has 168 valence electrons. The molecule has 5 nitrogen and oxygen atoms in total. The highest BCUT2D eigenvalue weighted by molar-refractivity contribution is 6.31. The number of anilines is 1. The fraction of sp³-hybridized carbons (Fsp3) is 0.154. The van der Waals surface area contributed by atoms with Crippen molar-refractivity contribution >= 4 is 29.3 Å². The molecule has 3 aromatic carbocycles. The molecule has 3 aromatic rings. The number of ether oxygens (including phenoxy) is 2. The van der Waals surface area contributed by atoms with Gasteiger partial charge in [-0.1, -0.05) is 41.9 Å². The first-order valence-corrected chi connectivity index (χ1v) is 10.6. The number of nitriles is 1. The predicted molar refractivity (Wildman–Crippen MR) is 127 cm³/mol. The van der Waals surface area contributed by atoms with Gasteiger partial charge >= 0.3 is 0 Å². The van der Waals surface area contributed by atoms with E-state index in [1.54, 1.807) is 54.6 Å². The monoisotopic (exact) mass is 464 g/mol. The first kappa shape index (κ1) is 23.8. The minimum absolute atomic E-state index is 0.0345. The van der Waals surface area contributed by atoms with Gasteiger partial charge in [0.15, 0.2) is 11.5 Å². The maximum absolute atomic E-state index is 13.9. The first-order chi connectivity index (χ1) is 15.9. The number of carbonyl (C=O) groups is 1. The Kier molecular flexibility index (Phi) is 8.06. The van der Waals surface area contributed by atoms with Gasteiger partial charge in [-0.3, -0.25) is 4.79 Å². The molecule has 7 heteroatoms. The summed E-state index contributed by atoms with van der Waals surface area (Å²) >= 11 is 6.00. The van der Waals surface area contributed by atoms with Gasteiger partial charge in [-0.05, 0) is 61.4 Å². The molecule has 0 saturated heterocycles. The van der Waals surface area contributed by atoms with Crippen LogP contribution in [0.4, 0.5) is 10.1 Å². The van der Waals surface area contributed by atoms with E-state index in [2.05, 4.69) is 5.32 Å². The van der Waals surface area contributed by atoms with Gasteiger partial charge < -0.3 is 14.8 Å². The van der Waals surface area contributed by atoms with E-state index in [1.807, 2.05) is 19.9 Å². The van der Waals surface area contributed by atoms with Crippen molar-refractivity contribution in [1.29, 1.82) is 5.26 Å². The van der Waals surface area contributed by atoms with Crippen molar-refractivity contribution in [2.24, 2.45) is 0 Å². The van der Waals surface area contributed by atoms with Gasteiger partial charge in [0.2, 0.25) is 0 Å². The lowest BCUT2D eigenvalue weighted by atomic mass is 10.1. The fourth-order valence-corrected chi connectivity index (χ4v) is 3.18. The van der Waals surface area contributed by atoms with E-state index >= 15 is 0 Å². The average Bonchev–Trinajstić information content (AvgIpc) is 2.80. The smallest absolute Gasteiger partial charge is 0.266 e. The minimum Gasteiger partial charge on any atom is -0.490 e. The number of benzene rings is 3. The van der Waals surface area contributed by atoms with E-state index in [1.165, 1.54) is 12.1 Å². The molecule has 0 aliphatic carbocycles. The lowest BCUT2D eigenvalue weighted by Crippen LogP contribution is -2.14. The Morgan fingerprint density at radius 1 is 1.12 bits per heavy atom. The van der Waals surface area contributed by atoms with Crippen LogP contribution in [0, 0.1) is 24.1 Å². The maximum Gasteiger partial charge on any atom is 0.266 e. The molecular weight excluding hydrogens is 443 g/mol. The molecule has 0 heterocycles. The summed E-state index contributed by atoms with van der Waals surface area (Å²) < 4.78 is 25.3. The number of rotatable bonds is 8. The van der Waals surface area contributed by atoms with Crippen LogP contribution in [0.15, 0.2) is 66.2 Å². The zero-order valence-electron chi connectivity index (χ0n) is 18.2. The topological polar surface area (TPSA) is 71.3 Å². The molecule has 0 atom stereocenters. The SMILES string of the molecule is CCOc1cc(/C=C(\C#N)C(=O)Nc2cc(Cl)ccc2C)ccc1OCc1ccccc1F. The number of amides is 1. The second kappa shape index (κ2) is 11.2.